The van der Waals surface area contributed by atoms with E-state index in [1.807, 2.05) is 4.90 Å². The molecule has 2 fully saturated rings. The molecule has 2 heterocycles. The highest BCUT2D eigenvalue weighted by molar-refractivity contribution is 6.31. The average Bonchev–Trinajstić information content (AvgIpc) is 2.74. The fourth-order valence-electron chi connectivity index (χ4n) is 4.98. The Balaban J connectivity index is 1.18. The molecular formula is C25H29ClFN3O. The summed E-state index contributed by atoms with van der Waals surface area (Å²) in [5.74, 6) is -0.137. The lowest BCUT2D eigenvalue weighted by Gasteiger charge is -2.43. The highest BCUT2D eigenvalue weighted by Crippen LogP contribution is 2.29. The Morgan fingerprint density at radius 2 is 1.71 bits per heavy atom. The predicted octanol–water partition coefficient (Wildman–Crippen LogP) is 4.20. The molecule has 0 atom stereocenters. The van der Waals surface area contributed by atoms with E-state index in [1.54, 1.807) is 12.1 Å². The van der Waals surface area contributed by atoms with Gasteiger partial charge in [0.15, 0.2) is 0 Å². The Kier molecular flexibility index (Phi) is 6.00. The molecule has 0 radical (unpaired) electrons. The van der Waals surface area contributed by atoms with Crippen molar-refractivity contribution >= 4 is 17.5 Å². The van der Waals surface area contributed by atoms with Gasteiger partial charge in [0.1, 0.15) is 5.82 Å². The number of halogens is 2. The van der Waals surface area contributed by atoms with E-state index < -0.39 is 5.82 Å². The molecule has 4 nitrogen and oxygen atoms in total. The number of nitrogens with zero attached hydrogens (tertiary/aromatic N) is 3. The number of hydrogen-bond acceptors (Lipinski definition) is 3. The first-order chi connectivity index (χ1) is 15.1. The Morgan fingerprint density at radius 3 is 2.42 bits per heavy atom. The molecular weight excluding hydrogens is 413 g/mol. The van der Waals surface area contributed by atoms with Crippen LogP contribution < -0.4 is 0 Å². The monoisotopic (exact) mass is 441 g/mol. The third-order valence-corrected chi connectivity index (χ3v) is 7.46. The van der Waals surface area contributed by atoms with Gasteiger partial charge in [-0.25, -0.2) is 4.39 Å². The van der Waals surface area contributed by atoms with E-state index in [1.165, 1.54) is 36.5 Å². The zero-order chi connectivity index (χ0) is 21.4. The van der Waals surface area contributed by atoms with Crippen LogP contribution in [0.2, 0.25) is 5.02 Å². The van der Waals surface area contributed by atoms with E-state index in [4.69, 9.17) is 11.6 Å². The maximum atomic E-state index is 13.5. The standard InChI is InChI=1S/C25H29ClFN3O/c26-23-15-19(6-7-24(23)27)18-4-5-21-16-28(9-8-20(21)14-18)17-25(31)30-12-10-29(11-13-30)22-2-1-3-22/h4-7,14-15,22H,1-3,8-13,16-17H2. The van der Waals surface area contributed by atoms with Crippen LogP contribution in [0.4, 0.5) is 4.39 Å². The largest absolute Gasteiger partial charge is 0.339 e. The zero-order valence-electron chi connectivity index (χ0n) is 17.8. The van der Waals surface area contributed by atoms with Gasteiger partial charge in [-0.05, 0) is 53.6 Å². The van der Waals surface area contributed by atoms with Crippen molar-refractivity contribution in [1.82, 2.24) is 14.7 Å². The Labute approximate surface area is 188 Å². The third kappa shape index (κ3) is 4.50. The molecule has 0 aromatic heterocycles. The molecule has 2 aromatic rings. The van der Waals surface area contributed by atoms with E-state index in [0.29, 0.717) is 6.54 Å². The number of amides is 1. The van der Waals surface area contributed by atoms with Crippen LogP contribution >= 0.6 is 11.6 Å². The average molecular weight is 442 g/mol. The van der Waals surface area contributed by atoms with Crippen molar-refractivity contribution in [2.24, 2.45) is 0 Å². The molecule has 5 rings (SSSR count). The molecule has 3 aliphatic rings. The topological polar surface area (TPSA) is 26.8 Å². The van der Waals surface area contributed by atoms with Crippen LogP contribution in [0.15, 0.2) is 36.4 Å². The first-order valence-electron chi connectivity index (χ1n) is 11.4. The quantitative estimate of drug-likeness (QED) is 0.711. The highest BCUT2D eigenvalue weighted by atomic mass is 35.5. The highest BCUT2D eigenvalue weighted by Gasteiger charge is 2.30. The Morgan fingerprint density at radius 1 is 0.968 bits per heavy atom. The fourth-order valence-corrected chi connectivity index (χ4v) is 5.16. The van der Waals surface area contributed by atoms with E-state index >= 15 is 0 Å². The maximum absolute atomic E-state index is 13.5. The van der Waals surface area contributed by atoms with Gasteiger partial charge in [-0.2, -0.15) is 0 Å². The first-order valence-corrected chi connectivity index (χ1v) is 11.8. The van der Waals surface area contributed by atoms with Gasteiger partial charge in [-0.15, -0.1) is 0 Å². The Hall–Kier alpha value is -1.95. The van der Waals surface area contributed by atoms with Crippen LogP contribution in [0.25, 0.3) is 11.1 Å². The minimum atomic E-state index is -0.395. The zero-order valence-corrected chi connectivity index (χ0v) is 18.6. The van der Waals surface area contributed by atoms with Crippen molar-refractivity contribution in [3.63, 3.8) is 0 Å². The molecule has 2 aliphatic heterocycles. The van der Waals surface area contributed by atoms with E-state index in [0.717, 1.165) is 62.9 Å². The van der Waals surface area contributed by atoms with E-state index in [2.05, 4.69) is 28.0 Å². The summed E-state index contributed by atoms with van der Waals surface area (Å²) in [4.78, 5) is 19.7. The minimum absolute atomic E-state index is 0.147. The van der Waals surface area contributed by atoms with Crippen LogP contribution in [0, 0.1) is 5.82 Å². The molecule has 1 saturated carbocycles. The lowest BCUT2D eigenvalue weighted by atomic mass is 9.91. The number of carbonyl (C=O) groups is 1. The Bertz CT molecular complexity index is 969. The number of benzene rings is 2. The number of hydrogen-bond donors (Lipinski definition) is 0. The maximum Gasteiger partial charge on any atom is 0.236 e. The van der Waals surface area contributed by atoms with Crippen molar-refractivity contribution in [3.05, 3.63) is 58.4 Å². The SMILES string of the molecule is O=C(CN1CCc2cc(-c3ccc(F)c(Cl)c3)ccc2C1)N1CCN(C2CCC2)CC1. The molecule has 0 N–H and O–H groups in total. The van der Waals surface area contributed by atoms with Gasteiger partial charge in [-0.1, -0.05) is 42.3 Å². The summed E-state index contributed by atoms with van der Waals surface area (Å²) in [6.45, 7) is 5.96. The number of carbonyl (C=O) groups excluding carboxylic acids is 1. The van der Waals surface area contributed by atoms with Gasteiger partial charge >= 0.3 is 0 Å². The fraction of sp³-hybridized carbons (Fsp3) is 0.480. The predicted molar refractivity (Wildman–Crippen MR) is 122 cm³/mol. The van der Waals surface area contributed by atoms with Gasteiger partial charge in [-0.3, -0.25) is 14.6 Å². The van der Waals surface area contributed by atoms with Gasteiger partial charge in [0.05, 0.1) is 11.6 Å². The second kappa shape index (κ2) is 8.89. The van der Waals surface area contributed by atoms with Crippen molar-refractivity contribution < 1.29 is 9.18 Å². The molecule has 164 valence electrons. The first kappa shape index (κ1) is 20.9. The van der Waals surface area contributed by atoms with Crippen LogP contribution in [-0.2, 0) is 17.8 Å². The molecule has 31 heavy (non-hydrogen) atoms. The van der Waals surface area contributed by atoms with E-state index in [-0.39, 0.29) is 10.9 Å². The second-order valence-corrected chi connectivity index (χ2v) is 9.48. The minimum Gasteiger partial charge on any atom is -0.339 e. The van der Waals surface area contributed by atoms with Crippen molar-refractivity contribution in [2.45, 2.75) is 38.3 Å². The van der Waals surface area contributed by atoms with E-state index in [9.17, 15) is 9.18 Å². The molecule has 0 spiro atoms. The van der Waals surface area contributed by atoms with Crippen molar-refractivity contribution in [3.8, 4) is 11.1 Å². The molecule has 1 saturated heterocycles. The summed E-state index contributed by atoms with van der Waals surface area (Å²) in [6.07, 6.45) is 4.94. The molecule has 0 bridgehead atoms. The van der Waals surface area contributed by atoms with Crippen molar-refractivity contribution in [1.29, 1.82) is 0 Å². The second-order valence-electron chi connectivity index (χ2n) is 9.07. The number of fused-ring (bicyclic) bond motifs is 1. The molecule has 1 amide bonds. The van der Waals surface area contributed by atoms with Gasteiger partial charge in [0.2, 0.25) is 5.91 Å². The van der Waals surface area contributed by atoms with Gasteiger partial charge in [0, 0.05) is 45.3 Å². The molecule has 1 aliphatic carbocycles. The summed E-state index contributed by atoms with van der Waals surface area (Å²) in [5, 5.41) is 0.147. The van der Waals surface area contributed by atoms with Gasteiger partial charge < -0.3 is 4.90 Å². The van der Waals surface area contributed by atoms with Crippen molar-refractivity contribution in [2.75, 3.05) is 39.3 Å². The van der Waals surface area contributed by atoms with Crippen LogP contribution in [0.3, 0.4) is 0 Å². The lowest BCUT2D eigenvalue weighted by Crippen LogP contribution is -2.55. The smallest absolute Gasteiger partial charge is 0.236 e. The van der Waals surface area contributed by atoms with Crippen LogP contribution in [0.1, 0.15) is 30.4 Å². The number of rotatable bonds is 4. The normalized spacial score (nSPS) is 20.4. The molecule has 0 unspecified atom stereocenters. The molecule has 2 aromatic carbocycles. The summed E-state index contributed by atoms with van der Waals surface area (Å²) >= 11 is 5.95. The summed E-state index contributed by atoms with van der Waals surface area (Å²) in [7, 11) is 0. The van der Waals surface area contributed by atoms with Gasteiger partial charge in [0.25, 0.3) is 0 Å². The molecule has 6 heteroatoms. The summed E-state index contributed by atoms with van der Waals surface area (Å²) < 4.78 is 13.5. The lowest BCUT2D eigenvalue weighted by molar-refractivity contribution is -0.135. The third-order valence-electron chi connectivity index (χ3n) is 7.17. The summed E-state index contributed by atoms with van der Waals surface area (Å²) in [5.41, 5.74) is 4.55. The number of piperazine rings is 1. The van der Waals surface area contributed by atoms with Crippen LogP contribution in [-0.4, -0.2) is 65.9 Å². The summed E-state index contributed by atoms with van der Waals surface area (Å²) in [6, 6.07) is 12.0. The van der Waals surface area contributed by atoms with Crippen LogP contribution in [0.5, 0.6) is 0 Å².